The third-order valence-electron chi connectivity index (χ3n) is 2.35. The van der Waals surface area contributed by atoms with Crippen molar-refractivity contribution in [1.82, 2.24) is 0 Å². The highest BCUT2D eigenvalue weighted by Gasteiger charge is 2.10. The monoisotopic (exact) mass is 261 g/mol. The molecular weight excluding hydrogens is 250 g/mol. The van der Waals surface area contributed by atoms with Gasteiger partial charge in [0.05, 0.1) is 16.7 Å². The lowest BCUT2D eigenvalue weighted by molar-refractivity contribution is 0.527. The Balaban J connectivity index is 2.40. The summed E-state index contributed by atoms with van der Waals surface area (Å²) < 4.78 is 5.26. The fraction of sp³-hybridized carbons (Fsp3) is 0.154. The van der Waals surface area contributed by atoms with E-state index in [0.717, 1.165) is 26.0 Å². The van der Waals surface area contributed by atoms with Crippen LogP contribution < -0.4 is 0 Å². The van der Waals surface area contributed by atoms with E-state index in [1.165, 1.54) is 0 Å². The number of benzene rings is 1. The van der Waals surface area contributed by atoms with E-state index in [1.54, 1.807) is 29.8 Å². The van der Waals surface area contributed by atoms with Gasteiger partial charge in [0.1, 0.15) is 11.8 Å². The Morgan fingerprint density at radius 3 is 2.53 bits per heavy atom. The molecule has 0 unspecified atom stereocenters. The molecule has 0 amide bonds. The van der Waals surface area contributed by atoms with Crippen molar-refractivity contribution >= 4 is 23.5 Å². The third kappa shape index (κ3) is 2.51. The van der Waals surface area contributed by atoms with Gasteiger partial charge in [0.2, 0.25) is 0 Å². The predicted molar refractivity (Wildman–Crippen MR) is 70.5 cm³/mol. The van der Waals surface area contributed by atoms with Gasteiger partial charge < -0.3 is 4.42 Å². The summed E-state index contributed by atoms with van der Waals surface area (Å²) in [6.07, 6.45) is 3.65. The lowest BCUT2D eigenvalue weighted by Crippen LogP contribution is -1.85. The molecule has 0 radical (unpaired) electrons. The van der Waals surface area contributed by atoms with Gasteiger partial charge in [-0.3, -0.25) is 0 Å². The number of hydrogen-bond donors (Lipinski definition) is 0. The van der Waals surface area contributed by atoms with Crippen LogP contribution in [-0.2, 0) is 0 Å². The van der Waals surface area contributed by atoms with Crippen molar-refractivity contribution < 1.29 is 4.42 Å². The molecular formula is C13H11NOS2. The van der Waals surface area contributed by atoms with Crippen LogP contribution >= 0.6 is 23.5 Å². The Morgan fingerprint density at radius 2 is 1.94 bits per heavy atom. The van der Waals surface area contributed by atoms with Crippen LogP contribution in [0.5, 0.6) is 0 Å². The van der Waals surface area contributed by atoms with Crippen molar-refractivity contribution in [2.24, 2.45) is 0 Å². The van der Waals surface area contributed by atoms with Gasteiger partial charge in [-0.15, -0.1) is 11.8 Å². The number of aryl methyl sites for hydroxylation is 1. The SMILES string of the molecule is CSc1cccc(Sc2ccoc2C)c1C#N. The van der Waals surface area contributed by atoms with Crippen LogP contribution in [0, 0.1) is 18.3 Å². The van der Waals surface area contributed by atoms with Gasteiger partial charge in [0.15, 0.2) is 0 Å². The highest BCUT2D eigenvalue weighted by atomic mass is 32.2. The van der Waals surface area contributed by atoms with E-state index in [2.05, 4.69) is 6.07 Å². The molecule has 0 saturated heterocycles. The van der Waals surface area contributed by atoms with Crippen molar-refractivity contribution in [3.05, 3.63) is 41.9 Å². The van der Waals surface area contributed by atoms with Crippen molar-refractivity contribution in [3.8, 4) is 6.07 Å². The normalized spacial score (nSPS) is 10.2. The van der Waals surface area contributed by atoms with E-state index in [-0.39, 0.29) is 0 Å². The Bertz CT molecular complexity index is 569. The highest BCUT2D eigenvalue weighted by molar-refractivity contribution is 8.00. The Labute approximate surface area is 109 Å². The molecule has 1 heterocycles. The largest absolute Gasteiger partial charge is 0.468 e. The van der Waals surface area contributed by atoms with Gasteiger partial charge >= 0.3 is 0 Å². The molecule has 2 rings (SSSR count). The average Bonchev–Trinajstić information content (AvgIpc) is 2.74. The Kier molecular flexibility index (Phi) is 3.82. The number of furan rings is 1. The fourth-order valence-corrected chi connectivity index (χ4v) is 3.07. The van der Waals surface area contributed by atoms with E-state index < -0.39 is 0 Å². The average molecular weight is 261 g/mol. The van der Waals surface area contributed by atoms with Crippen molar-refractivity contribution in [3.63, 3.8) is 0 Å². The number of rotatable bonds is 3. The van der Waals surface area contributed by atoms with Crippen LogP contribution in [0.1, 0.15) is 11.3 Å². The minimum absolute atomic E-state index is 0.741. The van der Waals surface area contributed by atoms with E-state index in [1.807, 2.05) is 37.4 Å². The van der Waals surface area contributed by atoms with Crippen LogP contribution in [0.25, 0.3) is 0 Å². The molecule has 1 aromatic heterocycles. The quantitative estimate of drug-likeness (QED) is 0.770. The minimum atomic E-state index is 0.741. The molecule has 0 aliphatic rings. The smallest absolute Gasteiger partial charge is 0.114 e. The number of nitriles is 1. The van der Waals surface area contributed by atoms with Crippen molar-refractivity contribution in [2.45, 2.75) is 21.6 Å². The molecule has 17 heavy (non-hydrogen) atoms. The molecule has 0 fully saturated rings. The maximum absolute atomic E-state index is 9.23. The van der Waals surface area contributed by atoms with Gasteiger partial charge in [0, 0.05) is 9.79 Å². The lowest BCUT2D eigenvalue weighted by Gasteiger charge is -2.06. The molecule has 0 N–H and O–H groups in total. The second-order valence-electron chi connectivity index (χ2n) is 3.39. The molecule has 0 bridgehead atoms. The molecule has 0 saturated carbocycles. The maximum atomic E-state index is 9.23. The lowest BCUT2D eigenvalue weighted by atomic mass is 10.2. The summed E-state index contributed by atoms with van der Waals surface area (Å²) in [6.45, 7) is 1.92. The highest BCUT2D eigenvalue weighted by Crippen LogP contribution is 2.36. The first-order chi connectivity index (χ1) is 8.26. The molecule has 0 spiro atoms. The molecule has 0 atom stereocenters. The Morgan fingerprint density at radius 1 is 1.18 bits per heavy atom. The fourth-order valence-electron chi connectivity index (χ4n) is 1.47. The van der Waals surface area contributed by atoms with Gasteiger partial charge in [-0.25, -0.2) is 0 Å². The third-order valence-corrected chi connectivity index (χ3v) is 4.33. The second kappa shape index (κ2) is 5.35. The van der Waals surface area contributed by atoms with E-state index in [9.17, 15) is 5.26 Å². The summed E-state index contributed by atoms with van der Waals surface area (Å²) >= 11 is 3.16. The van der Waals surface area contributed by atoms with Gasteiger partial charge in [-0.2, -0.15) is 5.26 Å². The summed E-state index contributed by atoms with van der Waals surface area (Å²) in [5.41, 5.74) is 0.741. The summed E-state index contributed by atoms with van der Waals surface area (Å²) in [5.74, 6) is 0.883. The zero-order chi connectivity index (χ0) is 12.3. The predicted octanol–water partition coefficient (Wildman–Crippen LogP) is 4.33. The Hall–Kier alpha value is -1.31. The van der Waals surface area contributed by atoms with E-state index in [0.29, 0.717) is 0 Å². The van der Waals surface area contributed by atoms with Crippen LogP contribution in [0.2, 0.25) is 0 Å². The zero-order valence-electron chi connectivity index (χ0n) is 9.56. The topological polar surface area (TPSA) is 36.9 Å². The maximum Gasteiger partial charge on any atom is 0.114 e. The first-order valence-electron chi connectivity index (χ1n) is 5.05. The number of nitrogens with zero attached hydrogens (tertiary/aromatic N) is 1. The molecule has 1 aromatic carbocycles. The second-order valence-corrected chi connectivity index (χ2v) is 5.32. The molecule has 0 aliphatic heterocycles. The van der Waals surface area contributed by atoms with Crippen LogP contribution in [0.3, 0.4) is 0 Å². The van der Waals surface area contributed by atoms with Crippen molar-refractivity contribution in [1.29, 1.82) is 5.26 Å². The van der Waals surface area contributed by atoms with Gasteiger partial charge in [0.25, 0.3) is 0 Å². The van der Waals surface area contributed by atoms with Gasteiger partial charge in [-0.05, 0) is 31.4 Å². The van der Waals surface area contributed by atoms with Gasteiger partial charge in [-0.1, -0.05) is 17.8 Å². The molecule has 2 nitrogen and oxygen atoms in total. The number of hydrogen-bond acceptors (Lipinski definition) is 4. The standard InChI is InChI=1S/C13H11NOS2/c1-9-11(6-7-15-9)17-13-5-3-4-12(16-2)10(13)8-14/h3-7H,1-2H3. The summed E-state index contributed by atoms with van der Waals surface area (Å²) in [6, 6.07) is 10.1. The summed E-state index contributed by atoms with van der Waals surface area (Å²) in [4.78, 5) is 3.04. The summed E-state index contributed by atoms with van der Waals surface area (Å²) in [5, 5.41) is 9.23. The van der Waals surface area contributed by atoms with Crippen LogP contribution in [0.4, 0.5) is 0 Å². The molecule has 86 valence electrons. The minimum Gasteiger partial charge on any atom is -0.468 e. The first kappa shape index (κ1) is 12.2. The molecule has 4 heteroatoms. The molecule has 0 aliphatic carbocycles. The van der Waals surface area contributed by atoms with Crippen LogP contribution in [-0.4, -0.2) is 6.26 Å². The van der Waals surface area contributed by atoms with E-state index in [4.69, 9.17) is 4.42 Å². The van der Waals surface area contributed by atoms with Crippen molar-refractivity contribution in [2.75, 3.05) is 6.26 Å². The first-order valence-corrected chi connectivity index (χ1v) is 7.09. The number of thioether (sulfide) groups is 1. The van der Waals surface area contributed by atoms with E-state index >= 15 is 0 Å². The summed E-state index contributed by atoms with van der Waals surface area (Å²) in [7, 11) is 0. The van der Waals surface area contributed by atoms with Crippen LogP contribution in [0.15, 0.2) is 49.6 Å². The zero-order valence-corrected chi connectivity index (χ0v) is 11.2. The molecule has 2 aromatic rings.